The van der Waals surface area contributed by atoms with Gasteiger partial charge < -0.3 is 30.8 Å². The molecule has 192 valence electrons. The van der Waals surface area contributed by atoms with Crippen molar-refractivity contribution in [2.24, 2.45) is 0 Å². The van der Waals surface area contributed by atoms with Gasteiger partial charge in [-0.25, -0.2) is 4.79 Å². The average Bonchev–Trinajstić information content (AvgIpc) is 3.50. The fourth-order valence-electron chi connectivity index (χ4n) is 3.63. The van der Waals surface area contributed by atoms with Crippen LogP contribution in [0, 0.1) is 0 Å². The van der Waals surface area contributed by atoms with Gasteiger partial charge >= 0.3 is 5.97 Å². The molecule has 2 heterocycles. The van der Waals surface area contributed by atoms with Crippen molar-refractivity contribution in [1.29, 1.82) is 0 Å². The lowest BCUT2D eigenvalue weighted by Gasteiger charge is -2.18. The highest BCUT2D eigenvalue weighted by Crippen LogP contribution is 2.27. The van der Waals surface area contributed by atoms with Crippen LogP contribution < -0.4 is 21.3 Å². The number of halogens is 2. The van der Waals surface area contributed by atoms with Gasteiger partial charge in [0.15, 0.2) is 0 Å². The molecule has 10 nitrogen and oxygen atoms in total. The topological polar surface area (TPSA) is 150 Å². The number of furan rings is 1. The molecule has 1 aliphatic heterocycles. The summed E-state index contributed by atoms with van der Waals surface area (Å²) in [5.74, 6) is -2.33. The summed E-state index contributed by atoms with van der Waals surface area (Å²) < 4.78 is 5.11. The molecule has 36 heavy (non-hydrogen) atoms. The molecule has 1 aromatic carbocycles. The van der Waals surface area contributed by atoms with E-state index in [-0.39, 0.29) is 46.6 Å². The lowest BCUT2D eigenvalue weighted by atomic mass is 10.1. The van der Waals surface area contributed by atoms with Gasteiger partial charge in [-0.2, -0.15) is 0 Å². The number of aliphatic carboxylic acids is 1. The Morgan fingerprint density at radius 3 is 2.50 bits per heavy atom. The Kier molecular flexibility index (Phi) is 9.51. The van der Waals surface area contributed by atoms with Crippen LogP contribution in [0.25, 0.3) is 6.08 Å². The van der Waals surface area contributed by atoms with Crippen molar-refractivity contribution < 1.29 is 28.7 Å². The summed E-state index contributed by atoms with van der Waals surface area (Å²) in [5, 5.41) is 20.1. The number of rotatable bonds is 10. The van der Waals surface area contributed by atoms with Crippen molar-refractivity contribution in [2.75, 3.05) is 6.54 Å². The third-order valence-corrected chi connectivity index (χ3v) is 6.11. The number of hydrogen-bond acceptors (Lipinski definition) is 6. The number of amides is 3. The van der Waals surface area contributed by atoms with E-state index in [9.17, 15) is 24.3 Å². The van der Waals surface area contributed by atoms with E-state index < -0.39 is 24.0 Å². The van der Waals surface area contributed by atoms with Crippen molar-refractivity contribution in [2.45, 2.75) is 44.4 Å². The average molecular weight is 537 g/mol. The zero-order valence-electron chi connectivity index (χ0n) is 19.3. The quantitative estimate of drug-likeness (QED) is 0.292. The Labute approximate surface area is 217 Å². The zero-order valence-corrected chi connectivity index (χ0v) is 20.9. The SMILES string of the molecule is CC1CC[C@@H](C(=O)NC[C@H](NC(=O)c2c(Cl)cc(CNC(=O)/C=C/c3ccco3)cc2Cl)C(=O)O)N1. The Morgan fingerprint density at radius 1 is 1.19 bits per heavy atom. The number of carbonyl (C=O) groups is 4. The van der Waals surface area contributed by atoms with E-state index in [1.165, 1.54) is 30.5 Å². The van der Waals surface area contributed by atoms with Gasteiger partial charge in [-0.15, -0.1) is 0 Å². The maximum absolute atomic E-state index is 12.8. The predicted octanol–water partition coefficient (Wildman–Crippen LogP) is 2.36. The zero-order chi connectivity index (χ0) is 26.2. The van der Waals surface area contributed by atoms with Crippen LogP contribution in [0.1, 0.15) is 41.4 Å². The van der Waals surface area contributed by atoms with Gasteiger partial charge in [0.1, 0.15) is 11.8 Å². The van der Waals surface area contributed by atoms with Gasteiger partial charge in [-0.3, -0.25) is 14.4 Å². The molecule has 1 aliphatic rings. The van der Waals surface area contributed by atoms with E-state index in [4.69, 9.17) is 27.6 Å². The fraction of sp³-hybridized carbons (Fsp3) is 0.333. The van der Waals surface area contributed by atoms with Crippen molar-refractivity contribution in [1.82, 2.24) is 21.3 Å². The van der Waals surface area contributed by atoms with Crippen LogP contribution in [0.4, 0.5) is 0 Å². The first-order valence-electron chi connectivity index (χ1n) is 11.2. The first-order chi connectivity index (χ1) is 17.1. The predicted molar refractivity (Wildman–Crippen MR) is 134 cm³/mol. The molecule has 0 saturated carbocycles. The van der Waals surface area contributed by atoms with Crippen LogP contribution >= 0.6 is 23.2 Å². The molecule has 1 aromatic heterocycles. The highest BCUT2D eigenvalue weighted by atomic mass is 35.5. The summed E-state index contributed by atoms with van der Waals surface area (Å²) in [5.41, 5.74) is 0.414. The minimum atomic E-state index is -1.40. The van der Waals surface area contributed by atoms with Gasteiger partial charge in [0.2, 0.25) is 11.8 Å². The summed E-state index contributed by atoms with van der Waals surface area (Å²) in [6.45, 7) is 1.73. The number of benzene rings is 1. The number of carboxylic acids is 1. The van der Waals surface area contributed by atoms with Crippen LogP contribution in [0.5, 0.6) is 0 Å². The van der Waals surface area contributed by atoms with Gasteiger partial charge in [0.05, 0.1) is 27.9 Å². The van der Waals surface area contributed by atoms with Crippen LogP contribution in [0.3, 0.4) is 0 Å². The Balaban J connectivity index is 1.57. The molecule has 0 spiro atoms. The minimum Gasteiger partial charge on any atom is -0.480 e. The Hall–Kier alpha value is -3.34. The summed E-state index contributed by atoms with van der Waals surface area (Å²) in [7, 11) is 0. The lowest BCUT2D eigenvalue weighted by Crippen LogP contribution is -2.51. The molecule has 3 rings (SSSR count). The van der Waals surface area contributed by atoms with Crippen LogP contribution in [-0.4, -0.2) is 53.5 Å². The summed E-state index contributed by atoms with van der Waals surface area (Å²) in [6, 6.07) is 4.70. The Morgan fingerprint density at radius 2 is 1.92 bits per heavy atom. The lowest BCUT2D eigenvalue weighted by molar-refractivity contribution is -0.139. The van der Waals surface area contributed by atoms with Crippen molar-refractivity contribution in [3.8, 4) is 0 Å². The molecular formula is C24H26Cl2N4O6. The standard InChI is InChI=1S/C24H26Cl2N4O6/c1-13-4-6-18(29-13)22(32)28-12-19(24(34)35)30-23(33)21-16(25)9-14(10-17(21)26)11-27-20(31)7-5-15-3-2-8-36-15/h2-3,5,7-10,13,18-19,29H,4,6,11-12H2,1H3,(H,27,31)(H,28,32)(H,30,33)(H,34,35)/b7-5+/t13?,18-,19-/m0/s1. The fourth-order valence-corrected chi connectivity index (χ4v) is 4.33. The Bertz CT molecular complexity index is 1130. The first-order valence-corrected chi connectivity index (χ1v) is 11.9. The molecule has 5 N–H and O–H groups in total. The molecule has 0 radical (unpaired) electrons. The monoisotopic (exact) mass is 536 g/mol. The molecule has 1 unspecified atom stereocenters. The maximum atomic E-state index is 12.8. The van der Waals surface area contributed by atoms with Crippen molar-refractivity contribution >= 4 is 53.0 Å². The van der Waals surface area contributed by atoms with Gasteiger partial charge in [0.25, 0.3) is 5.91 Å². The van der Waals surface area contributed by atoms with Crippen molar-refractivity contribution in [3.63, 3.8) is 0 Å². The summed E-state index contributed by atoms with van der Waals surface area (Å²) >= 11 is 12.5. The molecule has 1 fully saturated rings. The van der Waals surface area contributed by atoms with Crippen LogP contribution in [0.2, 0.25) is 10.0 Å². The smallest absolute Gasteiger partial charge is 0.328 e. The van der Waals surface area contributed by atoms with Crippen LogP contribution in [-0.2, 0) is 20.9 Å². The number of hydrogen-bond donors (Lipinski definition) is 5. The van der Waals surface area contributed by atoms with Gasteiger partial charge in [0, 0.05) is 25.2 Å². The minimum absolute atomic E-state index is 0.0207. The van der Waals surface area contributed by atoms with E-state index >= 15 is 0 Å². The van der Waals surface area contributed by atoms with E-state index in [1.54, 1.807) is 12.1 Å². The van der Waals surface area contributed by atoms with E-state index in [0.29, 0.717) is 17.7 Å². The first kappa shape index (κ1) is 27.3. The maximum Gasteiger partial charge on any atom is 0.328 e. The third-order valence-electron chi connectivity index (χ3n) is 5.51. The van der Waals surface area contributed by atoms with Gasteiger partial charge in [-0.1, -0.05) is 23.2 Å². The number of carboxylic acid groups (broad SMARTS) is 1. The van der Waals surface area contributed by atoms with E-state index in [0.717, 1.165) is 6.42 Å². The highest BCUT2D eigenvalue weighted by molar-refractivity contribution is 6.39. The molecule has 3 amide bonds. The van der Waals surface area contributed by atoms with E-state index in [1.807, 2.05) is 6.92 Å². The third kappa shape index (κ3) is 7.58. The molecular weight excluding hydrogens is 511 g/mol. The second-order valence-electron chi connectivity index (χ2n) is 8.31. The summed E-state index contributed by atoms with van der Waals surface area (Å²) in [4.78, 5) is 48.7. The summed E-state index contributed by atoms with van der Waals surface area (Å²) in [6.07, 6.45) is 5.79. The molecule has 12 heteroatoms. The second-order valence-corrected chi connectivity index (χ2v) is 9.12. The second kappa shape index (κ2) is 12.6. The number of nitrogens with one attached hydrogen (secondary N) is 4. The van der Waals surface area contributed by atoms with Gasteiger partial charge in [-0.05, 0) is 55.7 Å². The molecule has 3 atom stereocenters. The highest BCUT2D eigenvalue weighted by Gasteiger charge is 2.29. The van der Waals surface area contributed by atoms with Crippen LogP contribution in [0.15, 0.2) is 41.0 Å². The number of carbonyl (C=O) groups excluding carboxylic acids is 3. The molecule has 2 aromatic rings. The molecule has 0 aliphatic carbocycles. The largest absolute Gasteiger partial charge is 0.480 e. The molecule has 0 bridgehead atoms. The molecule has 1 saturated heterocycles. The van der Waals surface area contributed by atoms with Crippen molar-refractivity contribution in [3.05, 3.63) is 63.5 Å². The van der Waals surface area contributed by atoms with E-state index in [2.05, 4.69) is 21.3 Å². The normalized spacial score (nSPS) is 18.1.